The van der Waals surface area contributed by atoms with E-state index in [2.05, 4.69) is 14.7 Å². The van der Waals surface area contributed by atoms with Crippen molar-refractivity contribution in [3.05, 3.63) is 60.2 Å². The van der Waals surface area contributed by atoms with Crippen molar-refractivity contribution in [2.45, 2.75) is 11.8 Å². The molecule has 0 saturated carbocycles. The van der Waals surface area contributed by atoms with Gasteiger partial charge in [0.05, 0.1) is 10.5 Å². The molecule has 0 spiro atoms. The van der Waals surface area contributed by atoms with Crippen LogP contribution in [0.4, 0.5) is 17.6 Å². The summed E-state index contributed by atoms with van der Waals surface area (Å²) in [5, 5.41) is 0. The van der Waals surface area contributed by atoms with Gasteiger partial charge in [-0.3, -0.25) is 4.72 Å². The van der Waals surface area contributed by atoms with E-state index in [0.29, 0.717) is 11.1 Å². The number of nitrogens with two attached hydrogens (primary N) is 2. The molecule has 0 aliphatic carbocycles. The van der Waals surface area contributed by atoms with E-state index in [-0.39, 0.29) is 22.5 Å². The largest absolute Gasteiger partial charge is 0.383 e. The van der Waals surface area contributed by atoms with Crippen molar-refractivity contribution in [1.29, 1.82) is 0 Å². The van der Waals surface area contributed by atoms with Gasteiger partial charge in [-0.1, -0.05) is 48.0 Å². The molecule has 1 aromatic heterocycles. The molecule has 128 valence electrons. The Bertz CT molecular complexity index is 1000. The zero-order chi connectivity index (χ0) is 18.0. The molecule has 2 aromatic carbocycles. The van der Waals surface area contributed by atoms with E-state index in [1.807, 2.05) is 25.1 Å². The Morgan fingerprint density at radius 3 is 2.20 bits per heavy atom. The van der Waals surface area contributed by atoms with Crippen molar-refractivity contribution >= 4 is 27.6 Å². The molecule has 0 amide bonds. The summed E-state index contributed by atoms with van der Waals surface area (Å²) < 4.78 is 27.8. The molecule has 0 radical (unpaired) electrons. The second-order valence-electron chi connectivity index (χ2n) is 5.48. The lowest BCUT2D eigenvalue weighted by molar-refractivity contribution is 0.601. The standard InChI is InChI=1S/C17H17N5O2S/c1-11-7-9-13(10-8-11)25(23,24)22-16-14(12-5-3-2-4-6-12)15(18)20-17(19)21-16/h2-10H,1H3,(H5,18,19,20,21,22). The maximum atomic E-state index is 12.7. The number of hydrogen-bond acceptors (Lipinski definition) is 6. The average Bonchev–Trinajstić information content (AvgIpc) is 2.55. The second-order valence-corrected chi connectivity index (χ2v) is 7.16. The molecule has 0 bridgehead atoms. The van der Waals surface area contributed by atoms with Gasteiger partial charge in [-0.15, -0.1) is 0 Å². The third kappa shape index (κ3) is 3.53. The first-order valence-electron chi connectivity index (χ1n) is 7.45. The van der Waals surface area contributed by atoms with Crippen molar-refractivity contribution in [2.75, 3.05) is 16.2 Å². The second kappa shape index (κ2) is 6.40. The van der Waals surface area contributed by atoms with E-state index in [1.165, 1.54) is 12.1 Å². The summed E-state index contributed by atoms with van der Waals surface area (Å²) in [5.41, 5.74) is 13.6. The van der Waals surface area contributed by atoms with Crippen LogP contribution in [-0.4, -0.2) is 18.4 Å². The predicted molar refractivity (Wildman–Crippen MR) is 98.3 cm³/mol. The number of hydrogen-bond donors (Lipinski definition) is 3. The lowest BCUT2D eigenvalue weighted by Gasteiger charge is -2.14. The van der Waals surface area contributed by atoms with E-state index in [1.54, 1.807) is 24.3 Å². The highest BCUT2D eigenvalue weighted by molar-refractivity contribution is 7.92. The summed E-state index contributed by atoms with van der Waals surface area (Å²) in [6, 6.07) is 15.5. The van der Waals surface area contributed by atoms with Crippen LogP contribution in [-0.2, 0) is 10.0 Å². The summed E-state index contributed by atoms with van der Waals surface area (Å²) in [4.78, 5) is 8.09. The fraction of sp³-hybridized carbons (Fsp3) is 0.0588. The topological polar surface area (TPSA) is 124 Å². The molecule has 0 aliphatic rings. The molecule has 8 heteroatoms. The van der Waals surface area contributed by atoms with Gasteiger partial charge in [0.2, 0.25) is 5.95 Å². The highest BCUT2D eigenvalue weighted by Crippen LogP contribution is 2.32. The maximum absolute atomic E-state index is 12.7. The lowest BCUT2D eigenvalue weighted by Crippen LogP contribution is -2.16. The Balaban J connectivity index is 2.10. The molecule has 5 N–H and O–H groups in total. The van der Waals surface area contributed by atoms with Crippen LogP contribution in [0.1, 0.15) is 5.56 Å². The molecule has 1 heterocycles. The zero-order valence-electron chi connectivity index (χ0n) is 13.5. The quantitative estimate of drug-likeness (QED) is 0.660. The van der Waals surface area contributed by atoms with Crippen LogP contribution < -0.4 is 16.2 Å². The van der Waals surface area contributed by atoms with Crippen molar-refractivity contribution in [3.8, 4) is 11.1 Å². The monoisotopic (exact) mass is 355 g/mol. The Hall–Kier alpha value is -3.13. The smallest absolute Gasteiger partial charge is 0.263 e. The van der Waals surface area contributed by atoms with E-state index in [4.69, 9.17) is 11.5 Å². The Labute approximate surface area is 145 Å². The Morgan fingerprint density at radius 2 is 1.56 bits per heavy atom. The molecule has 3 aromatic rings. The van der Waals surface area contributed by atoms with Crippen LogP contribution >= 0.6 is 0 Å². The molecule has 25 heavy (non-hydrogen) atoms. The molecular weight excluding hydrogens is 338 g/mol. The molecule has 0 fully saturated rings. The molecule has 0 aliphatic heterocycles. The molecule has 0 unspecified atom stereocenters. The summed E-state index contributed by atoms with van der Waals surface area (Å²) in [6.45, 7) is 1.88. The minimum atomic E-state index is -3.85. The number of anilines is 3. The predicted octanol–water partition coefficient (Wildman–Crippen LogP) is 2.42. The van der Waals surface area contributed by atoms with E-state index in [9.17, 15) is 8.42 Å². The highest BCUT2D eigenvalue weighted by atomic mass is 32.2. The Kier molecular flexibility index (Phi) is 4.28. The average molecular weight is 355 g/mol. The van der Waals surface area contributed by atoms with Gasteiger partial charge in [0.15, 0.2) is 5.82 Å². The third-order valence-corrected chi connectivity index (χ3v) is 4.93. The first-order chi connectivity index (χ1) is 11.9. The van der Waals surface area contributed by atoms with Gasteiger partial charge in [-0.2, -0.15) is 9.97 Å². The summed E-state index contributed by atoms with van der Waals surface area (Å²) in [5.74, 6) is 0.0240. The van der Waals surface area contributed by atoms with Crippen molar-refractivity contribution in [2.24, 2.45) is 0 Å². The van der Waals surface area contributed by atoms with Crippen LogP contribution in [0.3, 0.4) is 0 Å². The molecule has 3 rings (SSSR count). The van der Waals surface area contributed by atoms with E-state index >= 15 is 0 Å². The number of aryl methyl sites for hydroxylation is 1. The number of nitrogens with zero attached hydrogens (tertiary/aromatic N) is 2. The normalized spacial score (nSPS) is 11.2. The fourth-order valence-electron chi connectivity index (χ4n) is 2.36. The van der Waals surface area contributed by atoms with Gasteiger partial charge >= 0.3 is 0 Å². The first-order valence-corrected chi connectivity index (χ1v) is 8.93. The molecular formula is C17H17N5O2S. The van der Waals surface area contributed by atoms with Gasteiger partial charge < -0.3 is 11.5 Å². The number of benzene rings is 2. The SMILES string of the molecule is Cc1ccc(S(=O)(=O)Nc2nc(N)nc(N)c2-c2ccccc2)cc1. The molecule has 0 atom stereocenters. The maximum Gasteiger partial charge on any atom is 0.263 e. The van der Waals surface area contributed by atoms with Gasteiger partial charge in [0, 0.05) is 0 Å². The fourth-order valence-corrected chi connectivity index (χ4v) is 3.38. The molecule has 0 saturated heterocycles. The van der Waals surface area contributed by atoms with Crippen LogP contribution in [0.2, 0.25) is 0 Å². The Morgan fingerprint density at radius 1 is 0.920 bits per heavy atom. The summed E-state index contributed by atoms with van der Waals surface area (Å²) >= 11 is 0. The number of nitrogens with one attached hydrogen (secondary N) is 1. The lowest BCUT2D eigenvalue weighted by atomic mass is 10.1. The summed E-state index contributed by atoms with van der Waals surface area (Å²) in [6.07, 6.45) is 0. The van der Waals surface area contributed by atoms with Crippen molar-refractivity contribution in [3.63, 3.8) is 0 Å². The van der Waals surface area contributed by atoms with Gasteiger partial charge in [-0.25, -0.2) is 8.42 Å². The van der Waals surface area contributed by atoms with Crippen molar-refractivity contribution < 1.29 is 8.42 Å². The number of aromatic nitrogens is 2. The van der Waals surface area contributed by atoms with Crippen LogP contribution in [0, 0.1) is 6.92 Å². The number of sulfonamides is 1. The first kappa shape index (κ1) is 16.7. The van der Waals surface area contributed by atoms with Gasteiger partial charge in [0.1, 0.15) is 5.82 Å². The van der Waals surface area contributed by atoms with Gasteiger partial charge in [0.25, 0.3) is 10.0 Å². The van der Waals surface area contributed by atoms with Gasteiger partial charge in [-0.05, 0) is 24.6 Å². The number of rotatable bonds is 4. The number of nitrogen functional groups attached to an aromatic ring is 2. The van der Waals surface area contributed by atoms with E-state index < -0.39 is 10.0 Å². The van der Waals surface area contributed by atoms with E-state index in [0.717, 1.165) is 5.56 Å². The minimum Gasteiger partial charge on any atom is -0.383 e. The third-order valence-electron chi connectivity index (χ3n) is 3.58. The highest BCUT2D eigenvalue weighted by Gasteiger charge is 2.20. The molecule has 7 nitrogen and oxygen atoms in total. The van der Waals surface area contributed by atoms with Crippen LogP contribution in [0.5, 0.6) is 0 Å². The minimum absolute atomic E-state index is 0.0387. The summed E-state index contributed by atoms with van der Waals surface area (Å²) in [7, 11) is -3.85. The van der Waals surface area contributed by atoms with Crippen molar-refractivity contribution in [1.82, 2.24) is 9.97 Å². The van der Waals surface area contributed by atoms with Crippen LogP contribution in [0.15, 0.2) is 59.5 Å². The zero-order valence-corrected chi connectivity index (χ0v) is 14.3. The van der Waals surface area contributed by atoms with Crippen LogP contribution in [0.25, 0.3) is 11.1 Å².